The summed E-state index contributed by atoms with van der Waals surface area (Å²) in [6.45, 7) is 0.808. The summed E-state index contributed by atoms with van der Waals surface area (Å²) in [5.74, 6) is -1.35. The van der Waals surface area contributed by atoms with Gasteiger partial charge in [0.1, 0.15) is 0 Å². The third-order valence-electron chi connectivity index (χ3n) is 2.23. The second kappa shape index (κ2) is 4.69. The maximum Gasteiger partial charge on any atom is 0.356 e. The second-order valence-corrected chi connectivity index (χ2v) is 6.24. The van der Waals surface area contributed by atoms with E-state index in [0.717, 1.165) is 11.3 Å². The van der Waals surface area contributed by atoms with E-state index in [9.17, 15) is 13.2 Å². The number of aromatic carboxylic acids is 1. The van der Waals surface area contributed by atoms with E-state index in [2.05, 4.69) is 9.71 Å². The molecule has 1 saturated heterocycles. The number of carbonyl (C=O) groups is 1. The topological polar surface area (TPSA) is 106 Å². The molecule has 94 valence electrons. The molecular weight excluding hydrogens is 268 g/mol. The van der Waals surface area contributed by atoms with Gasteiger partial charge in [0.05, 0.1) is 12.1 Å². The van der Waals surface area contributed by atoms with Crippen molar-refractivity contribution in [2.45, 2.75) is 16.7 Å². The lowest BCUT2D eigenvalue weighted by molar-refractivity contribution is 0.0687. The molecule has 2 rings (SSSR count). The van der Waals surface area contributed by atoms with Crippen LogP contribution in [0.5, 0.6) is 0 Å². The molecule has 1 fully saturated rings. The largest absolute Gasteiger partial charge is 0.476 e. The summed E-state index contributed by atoms with van der Waals surface area (Å²) in [5, 5.41) is 8.81. The van der Waals surface area contributed by atoms with Gasteiger partial charge in [0.2, 0.25) is 0 Å². The lowest BCUT2D eigenvalue weighted by Gasteiger charge is -2.09. The Morgan fingerprint density at radius 1 is 1.65 bits per heavy atom. The summed E-state index contributed by atoms with van der Waals surface area (Å²) < 4.78 is 31.0. The number of nitrogens with zero attached hydrogens (tertiary/aromatic N) is 1. The van der Waals surface area contributed by atoms with Crippen LogP contribution in [0.2, 0.25) is 0 Å². The first-order valence-corrected chi connectivity index (χ1v) is 7.14. The summed E-state index contributed by atoms with van der Waals surface area (Å²) in [7, 11) is -3.83. The van der Waals surface area contributed by atoms with Gasteiger partial charge in [-0.2, -0.15) is 0 Å². The molecule has 0 bridgehead atoms. The normalized spacial score (nSPS) is 20.6. The van der Waals surface area contributed by atoms with Crippen LogP contribution in [0, 0.1) is 0 Å². The van der Waals surface area contributed by atoms with Crippen molar-refractivity contribution in [1.29, 1.82) is 0 Å². The van der Waals surface area contributed by atoms with Crippen LogP contribution in [0.3, 0.4) is 0 Å². The fourth-order valence-electron chi connectivity index (χ4n) is 1.47. The Hall–Kier alpha value is -1.03. The molecule has 1 aromatic rings. The molecule has 0 spiro atoms. The van der Waals surface area contributed by atoms with E-state index in [4.69, 9.17) is 9.84 Å². The van der Waals surface area contributed by atoms with E-state index in [0.29, 0.717) is 19.6 Å². The fourth-order valence-corrected chi connectivity index (χ4v) is 3.88. The lowest BCUT2D eigenvalue weighted by Crippen LogP contribution is -2.35. The van der Waals surface area contributed by atoms with E-state index < -0.39 is 21.7 Å². The molecule has 1 unspecified atom stereocenters. The van der Waals surface area contributed by atoms with Crippen molar-refractivity contribution >= 4 is 27.3 Å². The van der Waals surface area contributed by atoms with Crippen molar-refractivity contribution in [3.8, 4) is 0 Å². The van der Waals surface area contributed by atoms with Crippen molar-refractivity contribution in [2.75, 3.05) is 13.2 Å². The molecule has 9 heteroatoms. The minimum absolute atomic E-state index is 0.267. The minimum Gasteiger partial charge on any atom is -0.476 e. The summed E-state index contributed by atoms with van der Waals surface area (Å²) in [6.07, 6.45) is 0.584. The first-order valence-electron chi connectivity index (χ1n) is 4.77. The van der Waals surface area contributed by atoms with Crippen molar-refractivity contribution in [3.05, 3.63) is 11.2 Å². The number of carboxylic acids is 1. The zero-order chi connectivity index (χ0) is 12.5. The number of sulfonamides is 1. The monoisotopic (exact) mass is 278 g/mol. The first kappa shape index (κ1) is 12.4. The van der Waals surface area contributed by atoms with Crippen LogP contribution in [0.1, 0.15) is 16.9 Å². The molecule has 1 aliphatic heterocycles. The molecule has 2 N–H and O–H groups in total. The molecule has 0 aromatic carbocycles. The third kappa shape index (κ3) is 2.63. The second-order valence-electron chi connectivity index (χ2n) is 3.48. The minimum atomic E-state index is -3.83. The van der Waals surface area contributed by atoms with E-state index in [-0.39, 0.29) is 10.3 Å². The molecule has 17 heavy (non-hydrogen) atoms. The molecule has 0 aliphatic carbocycles. The lowest BCUT2D eigenvalue weighted by atomic mass is 10.3. The maximum atomic E-state index is 11.9. The number of hydrogen-bond donors (Lipinski definition) is 2. The van der Waals surface area contributed by atoms with Crippen molar-refractivity contribution in [1.82, 2.24) is 9.71 Å². The van der Waals surface area contributed by atoms with Crippen LogP contribution >= 0.6 is 11.3 Å². The van der Waals surface area contributed by atoms with Gasteiger partial charge in [0.25, 0.3) is 10.0 Å². The highest BCUT2D eigenvalue weighted by Gasteiger charge is 2.29. The number of carboxylic acid groups (broad SMARTS) is 1. The Morgan fingerprint density at radius 2 is 2.41 bits per heavy atom. The fraction of sp³-hybridized carbons (Fsp3) is 0.500. The molecular formula is C8H10N2O5S2. The van der Waals surface area contributed by atoms with Crippen LogP contribution in [0.25, 0.3) is 0 Å². The Kier molecular flexibility index (Phi) is 3.43. The smallest absolute Gasteiger partial charge is 0.356 e. The van der Waals surface area contributed by atoms with Gasteiger partial charge in [-0.25, -0.2) is 22.9 Å². The molecule has 7 nitrogen and oxygen atoms in total. The summed E-state index contributed by atoms with van der Waals surface area (Å²) in [6, 6.07) is -0.302. The summed E-state index contributed by atoms with van der Waals surface area (Å²) >= 11 is 0.785. The standard InChI is InChI=1S/C8H10N2O5S2/c11-7(12)6-8(16-4-9-6)17(13,14)10-5-1-2-15-3-5/h4-5,10H,1-3H2,(H,11,12). The highest BCUT2D eigenvalue weighted by Crippen LogP contribution is 2.21. The molecule has 1 aliphatic rings. The van der Waals surface area contributed by atoms with E-state index in [1.807, 2.05) is 0 Å². The van der Waals surface area contributed by atoms with Crippen LogP contribution in [-0.2, 0) is 14.8 Å². The van der Waals surface area contributed by atoms with Crippen molar-refractivity contribution in [3.63, 3.8) is 0 Å². The number of rotatable bonds is 4. The highest BCUT2D eigenvalue weighted by atomic mass is 32.2. The van der Waals surface area contributed by atoms with E-state index in [1.165, 1.54) is 5.51 Å². The SMILES string of the molecule is O=C(O)c1ncsc1S(=O)(=O)NC1CCOC1. The Labute approximate surface area is 101 Å². The van der Waals surface area contributed by atoms with Crippen LogP contribution in [-0.4, -0.2) is 43.7 Å². The predicted octanol–water partition coefficient (Wildman–Crippen LogP) is -0.0915. The zero-order valence-corrected chi connectivity index (χ0v) is 10.3. The number of hydrogen-bond acceptors (Lipinski definition) is 6. The van der Waals surface area contributed by atoms with E-state index >= 15 is 0 Å². The maximum absolute atomic E-state index is 11.9. The predicted molar refractivity (Wildman–Crippen MR) is 58.6 cm³/mol. The van der Waals surface area contributed by atoms with Gasteiger partial charge in [-0.15, -0.1) is 11.3 Å². The van der Waals surface area contributed by atoms with Crippen LogP contribution in [0.15, 0.2) is 9.72 Å². The average Bonchev–Trinajstić information content (AvgIpc) is 2.84. The summed E-state index contributed by atoms with van der Waals surface area (Å²) in [4.78, 5) is 14.3. The van der Waals surface area contributed by atoms with Gasteiger partial charge in [-0.05, 0) is 6.42 Å². The summed E-state index contributed by atoms with van der Waals surface area (Å²) in [5.41, 5.74) is 0.754. The molecule has 0 radical (unpaired) electrons. The van der Waals surface area contributed by atoms with Crippen molar-refractivity contribution < 1.29 is 23.1 Å². The van der Waals surface area contributed by atoms with Crippen LogP contribution in [0.4, 0.5) is 0 Å². The molecule has 2 heterocycles. The number of thiazole rings is 1. The molecule has 0 saturated carbocycles. The van der Waals surface area contributed by atoms with Gasteiger partial charge < -0.3 is 9.84 Å². The number of aromatic nitrogens is 1. The third-order valence-corrected chi connectivity index (χ3v) is 5.12. The van der Waals surface area contributed by atoms with Gasteiger partial charge in [-0.3, -0.25) is 0 Å². The Balaban J connectivity index is 2.24. The van der Waals surface area contributed by atoms with Crippen LogP contribution < -0.4 is 4.72 Å². The Morgan fingerprint density at radius 3 is 3.00 bits per heavy atom. The quantitative estimate of drug-likeness (QED) is 0.797. The average molecular weight is 278 g/mol. The zero-order valence-electron chi connectivity index (χ0n) is 8.62. The number of nitrogens with one attached hydrogen (secondary N) is 1. The van der Waals surface area contributed by atoms with E-state index in [1.54, 1.807) is 0 Å². The Bertz CT molecular complexity index is 518. The van der Waals surface area contributed by atoms with Gasteiger partial charge >= 0.3 is 5.97 Å². The molecule has 1 atom stereocenters. The number of ether oxygens (including phenoxy) is 1. The molecule has 0 amide bonds. The van der Waals surface area contributed by atoms with Gasteiger partial charge in [0.15, 0.2) is 9.90 Å². The first-order chi connectivity index (χ1) is 8.00. The van der Waals surface area contributed by atoms with Gasteiger partial charge in [0, 0.05) is 12.6 Å². The van der Waals surface area contributed by atoms with Crippen molar-refractivity contribution in [2.24, 2.45) is 0 Å². The van der Waals surface area contributed by atoms with Gasteiger partial charge in [-0.1, -0.05) is 0 Å². The highest BCUT2D eigenvalue weighted by molar-refractivity contribution is 7.91. The molecule has 1 aromatic heterocycles.